The summed E-state index contributed by atoms with van der Waals surface area (Å²) in [5.41, 5.74) is 7.49. The van der Waals surface area contributed by atoms with Crippen LogP contribution < -0.4 is 5.73 Å². The van der Waals surface area contributed by atoms with Crippen molar-refractivity contribution in [1.29, 1.82) is 0 Å². The Morgan fingerprint density at radius 2 is 1.62 bits per heavy atom. The molecule has 21 heavy (non-hydrogen) atoms. The van der Waals surface area contributed by atoms with Crippen LogP contribution in [0.5, 0.6) is 0 Å². The smallest absolute Gasteiger partial charge is 0.0406 e. The molecule has 0 heterocycles. The monoisotopic (exact) mass is 313 g/mol. The maximum absolute atomic E-state index is 6.32. The van der Waals surface area contributed by atoms with Gasteiger partial charge in [0.25, 0.3) is 0 Å². The fraction of sp³-hybridized carbons (Fsp3) is 0.111. The van der Waals surface area contributed by atoms with E-state index in [0.29, 0.717) is 0 Å². The number of rotatable bonds is 4. The van der Waals surface area contributed by atoms with Crippen LogP contribution >= 0.6 is 23.4 Å². The number of benzene rings is 3. The van der Waals surface area contributed by atoms with E-state index in [1.165, 1.54) is 21.2 Å². The molecule has 0 spiro atoms. The number of fused-ring (bicyclic) bond motifs is 1. The maximum atomic E-state index is 6.32. The maximum Gasteiger partial charge on any atom is 0.0406 e. The van der Waals surface area contributed by atoms with Gasteiger partial charge in [-0.05, 0) is 46.7 Å². The van der Waals surface area contributed by atoms with Gasteiger partial charge < -0.3 is 5.73 Å². The highest BCUT2D eigenvalue weighted by molar-refractivity contribution is 7.99. The van der Waals surface area contributed by atoms with Crippen LogP contribution in [0.1, 0.15) is 11.6 Å². The van der Waals surface area contributed by atoms with Crippen molar-refractivity contribution in [2.75, 3.05) is 5.75 Å². The minimum absolute atomic E-state index is 0.0234. The first-order valence-electron chi connectivity index (χ1n) is 6.85. The zero-order chi connectivity index (χ0) is 14.7. The summed E-state index contributed by atoms with van der Waals surface area (Å²) in [6, 6.07) is 22.7. The zero-order valence-electron chi connectivity index (χ0n) is 11.5. The van der Waals surface area contributed by atoms with Gasteiger partial charge in [0, 0.05) is 21.7 Å². The Bertz CT molecular complexity index is 740. The van der Waals surface area contributed by atoms with Crippen LogP contribution in [0, 0.1) is 0 Å². The molecule has 0 saturated heterocycles. The molecule has 0 aliphatic heterocycles. The predicted octanol–water partition coefficient (Wildman–Crippen LogP) is 5.29. The summed E-state index contributed by atoms with van der Waals surface area (Å²) in [5.74, 6) is 0.847. The molecule has 106 valence electrons. The molecule has 0 amide bonds. The van der Waals surface area contributed by atoms with Gasteiger partial charge in [-0.15, -0.1) is 11.8 Å². The second-order valence-electron chi connectivity index (χ2n) is 4.98. The van der Waals surface area contributed by atoms with Crippen LogP contribution in [0.25, 0.3) is 10.8 Å². The molecule has 3 aromatic rings. The summed E-state index contributed by atoms with van der Waals surface area (Å²) in [4.78, 5) is 1.19. The third kappa shape index (κ3) is 3.59. The first-order valence-corrected chi connectivity index (χ1v) is 8.21. The Labute approximate surface area is 134 Å². The number of hydrogen-bond donors (Lipinski definition) is 1. The van der Waals surface area contributed by atoms with Crippen LogP contribution in [-0.2, 0) is 0 Å². The zero-order valence-corrected chi connectivity index (χ0v) is 13.1. The van der Waals surface area contributed by atoms with E-state index in [9.17, 15) is 0 Å². The lowest BCUT2D eigenvalue weighted by atomic mass is 10.0. The van der Waals surface area contributed by atoms with Gasteiger partial charge >= 0.3 is 0 Å². The average molecular weight is 314 g/mol. The third-order valence-corrected chi connectivity index (χ3v) is 4.83. The van der Waals surface area contributed by atoms with Gasteiger partial charge in [-0.1, -0.05) is 48.0 Å². The molecular weight excluding hydrogens is 298 g/mol. The van der Waals surface area contributed by atoms with E-state index in [1.807, 2.05) is 24.3 Å². The molecule has 2 N–H and O–H groups in total. The van der Waals surface area contributed by atoms with Crippen molar-refractivity contribution in [1.82, 2.24) is 0 Å². The van der Waals surface area contributed by atoms with E-state index in [1.54, 1.807) is 11.8 Å². The van der Waals surface area contributed by atoms with Crippen molar-refractivity contribution in [3.63, 3.8) is 0 Å². The lowest BCUT2D eigenvalue weighted by molar-refractivity contribution is 0.833. The van der Waals surface area contributed by atoms with Gasteiger partial charge in [0.1, 0.15) is 0 Å². The standard InChI is InChI=1S/C18H16ClNS/c19-16-7-9-17(10-8-16)21-12-18(20)15-6-5-13-3-1-2-4-14(13)11-15/h1-11,18H,12,20H2. The molecule has 0 radical (unpaired) electrons. The quantitative estimate of drug-likeness (QED) is 0.663. The van der Waals surface area contributed by atoms with Crippen molar-refractivity contribution in [3.8, 4) is 0 Å². The summed E-state index contributed by atoms with van der Waals surface area (Å²) < 4.78 is 0. The first kappa shape index (κ1) is 14.5. The van der Waals surface area contributed by atoms with Gasteiger partial charge in [-0.25, -0.2) is 0 Å². The first-order chi connectivity index (χ1) is 10.2. The Morgan fingerprint density at radius 1 is 0.905 bits per heavy atom. The SMILES string of the molecule is NC(CSc1ccc(Cl)cc1)c1ccc2ccccc2c1. The molecule has 0 aromatic heterocycles. The molecule has 0 aliphatic rings. The summed E-state index contributed by atoms with van der Waals surface area (Å²) in [5, 5.41) is 3.25. The summed E-state index contributed by atoms with van der Waals surface area (Å²) >= 11 is 7.65. The molecule has 0 fully saturated rings. The highest BCUT2D eigenvalue weighted by atomic mass is 35.5. The van der Waals surface area contributed by atoms with E-state index in [0.717, 1.165) is 10.8 Å². The second kappa shape index (κ2) is 6.52. The number of halogens is 1. The van der Waals surface area contributed by atoms with E-state index >= 15 is 0 Å². The molecular formula is C18H16ClNS. The Balaban J connectivity index is 1.71. The van der Waals surface area contributed by atoms with Crippen molar-refractivity contribution in [3.05, 3.63) is 77.3 Å². The van der Waals surface area contributed by atoms with Gasteiger partial charge in [0.15, 0.2) is 0 Å². The average Bonchev–Trinajstić information content (AvgIpc) is 2.53. The summed E-state index contributed by atoms with van der Waals surface area (Å²) in [7, 11) is 0. The predicted molar refractivity (Wildman–Crippen MR) is 93.1 cm³/mol. The van der Waals surface area contributed by atoms with Crippen LogP contribution in [0.4, 0.5) is 0 Å². The molecule has 3 heteroatoms. The van der Waals surface area contributed by atoms with E-state index in [4.69, 9.17) is 17.3 Å². The van der Waals surface area contributed by atoms with Crippen LogP contribution in [-0.4, -0.2) is 5.75 Å². The summed E-state index contributed by atoms with van der Waals surface area (Å²) in [6.07, 6.45) is 0. The Hall–Kier alpha value is -1.48. The molecule has 3 rings (SSSR count). The van der Waals surface area contributed by atoms with Crippen LogP contribution in [0.3, 0.4) is 0 Å². The lowest BCUT2D eigenvalue weighted by Gasteiger charge is -2.12. The largest absolute Gasteiger partial charge is 0.323 e. The number of hydrogen-bond acceptors (Lipinski definition) is 2. The summed E-state index contributed by atoms with van der Waals surface area (Å²) in [6.45, 7) is 0. The second-order valence-corrected chi connectivity index (χ2v) is 6.51. The van der Waals surface area contributed by atoms with Crippen molar-refractivity contribution in [2.45, 2.75) is 10.9 Å². The highest BCUT2D eigenvalue weighted by Crippen LogP contribution is 2.26. The van der Waals surface area contributed by atoms with Crippen molar-refractivity contribution < 1.29 is 0 Å². The normalized spacial score (nSPS) is 12.5. The topological polar surface area (TPSA) is 26.0 Å². The molecule has 1 unspecified atom stereocenters. The number of nitrogens with two attached hydrogens (primary N) is 1. The van der Waals surface area contributed by atoms with Crippen LogP contribution in [0.15, 0.2) is 71.6 Å². The third-order valence-electron chi connectivity index (χ3n) is 3.44. The van der Waals surface area contributed by atoms with Gasteiger partial charge in [-0.3, -0.25) is 0 Å². The van der Waals surface area contributed by atoms with Gasteiger partial charge in [0.05, 0.1) is 0 Å². The molecule has 0 saturated carbocycles. The van der Waals surface area contributed by atoms with Crippen molar-refractivity contribution >= 4 is 34.1 Å². The molecule has 0 bridgehead atoms. The van der Waals surface area contributed by atoms with E-state index < -0.39 is 0 Å². The van der Waals surface area contributed by atoms with Gasteiger partial charge in [0.2, 0.25) is 0 Å². The molecule has 1 nitrogen and oxygen atoms in total. The fourth-order valence-electron chi connectivity index (χ4n) is 2.25. The fourth-order valence-corrected chi connectivity index (χ4v) is 3.27. The van der Waals surface area contributed by atoms with Gasteiger partial charge in [-0.2, -0.15) is 0 Å². The Morgan fingerprint density at radius 3 is 2.38 bits per heavy atom. The molecule has 1 atom stereocenters. The van der Waals surface area contributed by atoms with E-state index in [-0.39, 0.29) is 6.04 Å². The van der Waals surface area contributed by atoms with Crippen molar-refractivity contribution in [2.24, 2.45) is 5.73 Å². The lowest BCUT2D eigenvalue weighted by Crippen LogP contribution is -2.12. The van der Waals surface area contributed by atoms with Crippen LogP contribution in [0.2, 0.25) is 5.02 Å². The van der Waals surface area contributed by atoms with E-state index in [2.05, 4.69) is 42.5 Å². The minimum Gasteiger partial charge on any atom is -0.323 e. The number of thioether (sulfide) groups is 1. The minimum atomic E-state index is 0.0234. The Kier molecular flexibility index (Phi) is 4.49. The highest BCUT2D eigenvalue weighted by Gasteiger charge is 2.07. The molecule has 0 aliphatic carbocycles. The molecule has 3 aromatic carbocycles.